The highest BCUT2D eigenvalue weighted by Crippen LogP contribution is 2.19. The Morgan fingerprint density at radius 2 is 2.23 bits per heavy atom. The first-order valence-electron chi connectivity index (χ1n) is 6.91. The van der Waals surface area contributed by atoms with E-state index in [1.165, 1.54) is 0 Å². The van der Waals surface area contributed by atoms with Crippen molar-refractivity contribution >= 4 is 5.91 Å². The van der Waals surface area contributed by atoms with Gasteiger partial charge in [-0.25, -0.2) is 9.97 Å². The molecule has 0 spiro atoms. The first-order valence-corrected chi connectivity index (χ1v) is 6.91. The molecule has 22 heavy (non-hydrogen) atoms. The fourth-order valence-corrected chi connectivity index (χ4v) is 2.18. The number of furan rings is 1. The first-order chi connectivity index (χ1) is 10.6. The van der Waals surface area contributed by atoms with Crippen molar-refractivity contribution in [1.29, 1.82) is 0 Å². The van der Waals surface area contributed by atoms with Crippen molar-refractivity contribution in [2.24, 2.45) is 7.05 Å². The minimum Gasteiger partial charge on any atom is -0.463 e. The zero-order valence-corrected chi connectivity index (χ0v) is 12.4. The van der Waals surface area contributed by atoms with Gasteiger partial charge in [0.25, 0.3) is 5.91 Å². The largest absolute Gasteiger partial charge is 0.463 e. The average molecular weight is 296 g/mol. The van der Waals surface area contributed by atoms with E-state index in [1.54, 1.807) is 30.7 Å². The van der Waals surface area contributed by atoms with Crippen LogP contribution < -0.4 is 5.32 Å². The fraction of sp³-hybridized carbons (Fsp3) is 0.188. The van der Waals surface area contributed by atoms with Crippen LogP contribution in [0.5, 0.6) is 0 Å². The maximum Gasteiger partial charge on any atom is 0.253 e. The van der Waals surface area contributed by atoms with Crippen LogP contribution in [0.15, 0.2) is 47.3 Å². The second kappa shape index (κ2) is 5.85. The summed E-state index contributed by atoms with van der Waals surface area (Å²) in [7, 11) is 1.89. The molecule has 3 aromatic heterocycles. The van der Waals surface area contributed by atoms with Crippen molar-refractivity contribution in [1.82, 2.24) is 19.9 Å². The molecule has 0 aliphatic heterocycles. The number of imidazole rings is 1. The van der Waals surface area contributed by atoms with Gasteiger partial charge in [0.05, 0.1) is 24.1 Å². The minimum absolute atomic E-state index is 0.168. The third kappa shape index (κ3) is 2.76. The normalized spacial score (nSPS) is 10.6. The van der Waals surface area contributed by atoms with Crippen molar-refractivity contribution < 1.29 is 9.21 Å². The van der Waals surface area contributed by atoms with Crippen molar-refractivity contribution in [3.8, 4) is 11.5 Å². The molecule has 1 amide bonds. The number of rotatable bonds is 4. The van der Waals surface area contributed by atoms with Crippen molar-refractivity contribution in [2.45, 2.75) is 13.5 Å². The highest BCUT2D eigenvalue weighted by molar-refractivity contribution is 5.95. The number of carbonyl (C=O) groups is 1. The maximum absolute atomic E-state index is 12.3. The molecule has 3 heterocycles. The molecule has 6 heteroatoms. The molecule has 1 N–H and O–H groups in total. The molecule has 0 aliphatic rings. The summed E-state index contributed by atoms with van der Waals surface area (Å²) in [6.07, 6.45) is 5.14. The van der Waals surface area contributed by atoms with Gasteiger partial charge in [-0.2, -0.15) is 0 Å². The van der Waals surface area contributed by atoms with E-state index in [1.807, 2.05) is 30.8 Å². The number of nitrogens with one attached hydrogen (secondary N) is 1. The summed E-state index contributed by atoms with van der Waals surface area (Å²) >= 11 is 0. The molecule has 0 fully saturated rings. The average Bonchev–Trinajstić information content (AvgIpc) is 3.16. The van der Waals surface area contributed by atoms with Gasteiger partial charge in [0, 0.05) is 19.4 Å². The molecule has 6 nitrogen and oxygen atoms in total. The monoisotopic (exact) mass is 296 g/mol. The summed E-state index contributed by atoms with van der Waals surface area (Å²) in [4.78, 5) is 20.9. The number of hydrogen-bond acceptors (Lipinski definition) is 4. The second-order valence-corrected chi connectivity index (χ2v) is 4.94. The molecule has 0 unspecified atom stereocenters. The standard InChI is InChI=1S/C16H16N4O2/c1-11-12(5-6-13(19-11)14-4-3-9-22-14)16(21)18-10-15-17-7-8-20(15)2/h3-9H,10H2,1-2H3,(H,18,21). The van der Waals surface area contributed by atoms with E-state index in [0.29, 0.717) is 29.3 Å². The molecule has 3 aromatic rings. The van der Waals surface area contributed by atoms with Gasteiger partial charge in [0.2, 0.25) is 0 Å². The Morgan fingerprint density at radius 3 is 2.86 bits per heavy atom. The van der Waals surface area contributed by atoms with Gasteiger partial charge in [-0.1, -0.05) is 0 Å². The van der Waals surface area contributed by atoms with E-state index in [9.17, 15) is 4.79 Å². The van der Waals surface area contributed by atoms with Gasteiger partial charge in [0.1, 0.15) is 11.5 Å². The summed E-state index contributed by atoms with van der Waals surface area (Å²) in [5.74, 6) is 1.31. The van der Waals surface area contributed by atoms with Crippen LogP contribution in [0.4, 0.5) is 0 Å². The SMILES string of the molecule is Cc1nc(-c2ccco2)ccc1C(=O)NCc1nccn1C. The maximum atomic E-state index is 12.3. The summed E-state index contributed by atoms with van der Waals surface area (Å²) in [5.41, 5.74) is 1.92. The second-order valence-electron chi connectivity index (χ2n) is 4.94. The Morgan fingerprint density at radius 1 is 1.36 bits per heavy atom. The Hall–Kier alpha value is -2.89. The van der Waals surface area contributed by atoms with Crippen LogP contribution in [0.2, 0.25) is 0 Å². The lowest BCUT2D eigenvalue weighted by atomic mass is 10.1. The van der Waals surface area contributed by atoms with Crippen molar-refractivity contribution in [2.75, 3.05) is 0 Å². The Labute approximate surface area is 127 Å². The quantitative estimate of drug-likeness (QED) is 0.802. The molecule has 0 bridgehead atoms. The Balaban J connectivity index is 1.74. The Bertz CT molecular complexity index is 790. The number of pyridine rings is 1. The van der Waals surface area contributed by atoms with E-state index in [0.717, 1.165) is 5.82 Å². The number of aryl methyl sites for hydroxylation is 2. The smallest absolute Gasteiger partial charge is 0.253 e. The zero-order valence-electron chi connectivity index (χ0n) is 12.4. The van der Waals surface area contributed by atoms with Crippen LogP contribution in [0.1, 0.15) is 21.9 Å². The molecule has 0 aromatic carbocycles. The lowest BCUT2D eigenvalue weighted by molar-refractivity contribution is 0.0948. The van der Waals surface area contributed by atoms with Gasteiger partial charge in [-0.05, 0) is 31.2 Å². The van der Waals surface area contributed by atoms with Gasteiger partial charge in [-0.15, -0.1) is 0 Å². The highest BCUT2D eigenvalue weighted by Gasteiger charge is 2.12. The molecule has 112 valence electrons. The predicted octanol–water partition coefficient (Wildman–Crippen LogP) is 2.31. The lowest BCUT2D eigenvalue weighted by Gasteiger charge is -2.08. The zero-order chi connectivity index (χ0) is 15.5. The predicted molar refractivity (Wildman–Crippen MR) is 81.1 cm³/mol. The molecule has 0 saturated heterocycles. The number of aromatic nitrogens is 3. The van der Waals surface area contributed by atoms with Gasteiger partial charge in [0.15, 0.2) is 5.76 Å². The number of hydrogen-bond donors (Lipinski definition) is 1. The summed E-state index contributed by atoms with van der Waals surface area (Å²) in [6.45, 7) is 2.18. The van der Waals surface area contributed by atoms with Crippen LogP contribution in [0, 0.1) is 6.92 Å². The van der Waals surface area contributed by atoms with E-state index in [2.05, 4.69) is 15.3 Å². The topological polar surface area (TPSA) is 73.0 Å². The third-order valence-electron chi connectivity index (χ3n) is 3.43. The molecule has 0 aliphatic carbocycles. The van der Waals surface area contributed by atoms with Crippen molar-refractivity contribution in [3.05, 3.63) is 60.0 Å². The van der Waals surface area contributed by atoms with Gasteiger partial charge >= 0.3 is 0 Å². The first kappa shape index (κ1) is 14.1. The van der Waals surface area contributed by atoms with E-state index < -0.39 is 0 Å². The summed E-state index contributed by atoms with van der Waals surface area (Å²) < 4.78 is 7.18. The number of carbonyl (C=O) groups excluding carboxylic acids is 1. The summed E-state index contributed by atoms with van der Waals surface area (Å²) in [5, 5.41) is 2.85. The van der Waals surface area contributed by atoms with Gasteiger partial charge < -0.3 is 14.3 Å². The molecule has 0 atom stereocenters. The molecule has 0 radical (unpaired) electrons. The molecule has 3 rings (SSSR count). The van der Waals surface area contributed by atoms with Gasteiger partial charge in [-0.3, -0.25) is 4.79 Å². The Kier molecular flexibility index (Phi) is 3.74. The lowest BCUT2D eigenvalue weighted by Crippen LogP contribution is -2.25. The fourth-order valence-electron chi connectivity index (χ4n) is 2.18. The van der Waals surface area contributed by atoms with E-state index >= 15 is 0 Å². The van der Waals surface area contributed by atoms with Crippen LogP contribution in [0.25, 0.3) is 11.5 Å². The number of amides is 1. The van der Waals surface area contributed by atoms with Crippen molar-refractivity contribution in [3.63, 3.8) is 0 Å². The molecular formula is C16H16N4O2. The van der Waals surface area contributed by atoms with Crippen LogP contribution in [-0.2, 0) is 13.6 Å². The molecule has 0 saturated carbocycles. The number of nitrogens with zero attached hydrogens (tertiary/aromatic N) is 3. The molecular weight excluding hydrogens is 280 g/mol. The minimum atomic E-state index is -0.168. The van der Waals surface area contributed by atoms with Crippen LogP contribution in [-0.4, -0.2) is 20.4 Å². The highest BCUT2D eigenvalue weighted by atomic mass is 16.3. The van der Waals surface area contributed by atoms with E-state index in [-0.39, 0.29) is 5.91 Å². The van der Waals surface area contributed by atoms with Crippen LogP contribution >= 0.6 is 0 Å². The third-order valence-corrected chi connectivity index (χ3v) is 3.43. The van der Waals surface area contributed by atoms with Crippen LogP contribution in [0.3, 0.4) is 0 Å². The van der Waals surface area contributed by atoms with E-state index in [4.69, 9.17) is 4.42 Å². The summed E-state index contributed by atoms with van der Waals surface area (Å²) in [6, 6.07) is 7.18.